The van der Waals surface area contributed by atoms with Gasteiger partial charge in [-0.15, -0.1) is 0 Å². The molecule has 2 aromatic rings. The van der Waals surface area contributed by atoms with Crippen molar-refractivity contribution in [3.8, 4) is 6.07 Å². The molecule has 1 heterocycles. The summed E-state index contributed by atoms with van der Waals surface area (Å²) in [7, 11) is 0. The normalized spacial score (nSPS) is 9.88. The summed E-state index contributed by atoms with van der Waals surface area (Å²) in [4.78, 5) is 7.02. The molecule has 4 heteroatoms. The molecular formula is C13H14N4. The summed E-state index contributed by atoms with van der Waals surface area (Å²) in [6.07, 6.45) is 4.41. The molecule has 0 aliphatic heterocycles. The highest BCUT2D eigenvalue weighted by atomic mass is 14.9. The molecule has 0 atom stereocenters. The molecule has 0 aliphatic carbocycles. The van der Waals surface area contributed by atoms with E-state index in [9.17, 15) is 0 Å². The van der Waals surface area contributed by atoms with E-state index in [4.69, 9.17) is 5.26 Å². The summed E-state index contributed by atoms with van der Waals surface area (Å²) in [6, 6.07) is 7.92. The number of H-pyrrole nitrogens is 1. The zero-order chi connectivity index (χ0) is 12.1. The summed E-state index contributed by atoms with van der Waals surface area (Å²) in [5.41, 5.74) is 3.88. The molecule has 0 aliphatic rings. The van der Waals surface area contributed by atoms with Crippen molar-refractivity contribution in [3.05, 3.63) is 47.5 Å². The fraction of sp³-hybridized carbons (Fsp3) is 0.231. The summed E-state index contributed by atoms with van der Waals surface area (Å²) >= 11 is 0. The molecule has 2 N–H and O–H groups in total. The SMILES string of the molecule is Cc1cc(NCCc2cnc[nH]2)ccc1C#N. The molecule has 0 saturated carbocycles. The topological polar surface area (TPSA) is 64.5 Å². The molecule has 1 aromatic heterocycles. The van der Waals surface area contributed by atoms with E-state index >= 15 is 0 Å². The van der Waals surface area contributed by atoms with Gasteiger partial charge in [0, 0.05) is 30.5 Å². The van der Waals surface area contributed by atoms with Crippen LogP contribution in [0.2, 0.25) is 0 Å². The van der Waals surface area contributed by atoms with Gasteiger partial charge in [0.1, 0.15) is 0 Å². The van der Waals surface area contributed by atoms with Crippen LogP contribution in [0.25, 0.3) is 0 Å². The maximum atomic E-state index is 8.83. The van der Waals surface area contributed by atoms with Crippen molar-refractivity contribution < 1.29 is 0 Å². The van der Waals surface area contributed by atoms with Crippen LogP contribution in [0.1, 0.15) is 16.8 Å². The second kappa shape index (κ2) is 5.17. The minimum absolute atomic E-state index is 0.726. The van der Waals surface area contributed by atoms with Crippen LogP contribution in [0.5, 0.6) is 0 Å². The fourth-order valence-electron chi connectivity index (χ4n) is 1.66. The van der Waals surface area contributed by atoms with Gasteiger partial charge < -0.3 is 10.3 Å². The standard InChI is InChI=1S/C13H14N4/c1-10-6-12(3-2-11(10)7-14)16-5-4-13-8-15-9-17-13/h2-3,6,8-9,16H,4-5H2,1H3,(H,15,17). The highest BCUT2D eigenvalue weighted by molar-refractivity contribution is 5.51. The van der Waals surface area contributed by atoms with Crippen molar-refractivity contribution in [2.45, 2.75) is 13.3 Å². The molecule has 2 rings (SSSR count). The molecule has 0 bridgehead atoms. The van der Waals surface area contributed by atoms with E-state index in [1.807, 2.05) is 31.3 Å². The van der Waals surface area contributed by atoms with E-state index in [0.717, 1.165) is 35.5 Å². The Hall–Kier alpha value is -2.28. The molecule has 86 valence electrons. The van der Waals surface area contributed by atoms with Gasteiger partial charge in [-0.2, -0.15) is 5.26 Å². The molecular weight excluding hydrogens is 212 g/mol. The van der Waals surface area contributed by atoms with Crippen LogP contribution >= 0.6 is 0 Å². The quantitative estimate of drug-likeness (QED) is 0.840. The number of nitrogens with zero attached hydrogens (tertiary/aromatic N) is 2. The number of aromatic amines is 1. The van der Waals surface area contributed by atoms with E-state index < -0.39 is 0 Å². The third-order valence-corrected chi connectivity index (χ3v) is 2.63. The van der Waals surface area contributed by atoms with Gasteiger partial charge >= 0.3 is 0 Å². The Balaban J connectivity index is 1.91. The molecule has 0 fully saturated rings. The van der Waals surface area contributed by atoms with Gasteiger partial charge in [-0.3, -0.25) is 0 Å². The average molecular weight is 226 g/mol. The fourth-order valence-corrected chi connectivity index (χ4v) is 1.66. The minimum atomic E-state index is 0.726. The van der Waals surface area contributed by atoms with Gasteiger partial charge in [0.2, 0.25) is 0 Å². The third-order valence-electron chi connectivity index (χ3n) is 2.63. The van der Waals surface area contributed by atoms with Gasteiger partial charge in [-0.05, 0) is 30.7 Å². The maximum Gasteiger partial charge on any atom is 0.0994 e. The molecule has 0 amide bonds. The number of anilines is 1. The maximum absolute atomic E-state index is 8.83. The van der Waals surface area contributed by atoms with Crippen molar-refractivity contribution >= 4 is 5.69 Å². The van der Waals surface area contributed by atoms with Gasteiger partial charge in [0.15, 0.2) is 0 Å². The lowest BCUT2D eigenvalue weighted by Gasteiger charge is -2.07. The highest BCUT2D eigenvalue weighted by Crippen LogP contribution is 2.14. The van der Waals surface area contributed by atoms with Crippen LogP contribution in [-0.2, 0) is 6.42 Å². The Morgan fingerprint density at radius 2 is 2.35 bits per heavy atom. The zero-order valence-corrected chi connectivity index (χ0v) is 9.70. The average Bonchev–Trinajstić information content (AvgIpc) is 2.82. The molecule has 0 radical (unpaired) electrons. The first-order chi connectivity index (χ1) is 8.29. The predicted octanol–water partition coefficient (Wildman–Crippen LogP) is 2.24. The molecule has 0 saturated heterocycles. The van der Waals surface area contributed by atoms with Crippen molar-refractivity contribution in [3.63, 3.8) is 0 Å². The van der Waals surface area contributed by atoms with Crippen LogP contribution in [-0.4, -0.2) is 16.5 Å². The number of hydrogen-bond donors (Lipinski definition) is 2. The van der Waals surface area contributed by atoms with Gasteiger partial charge in [-0.25, -0.2) is 4.98 Å². The smallest absolute Gasteiger partial charge is 0.0994 e. The molecule has 4 nitrogen and oxygen atoms in total. The number of rotatable bonds is 4. The third kappa shape index (κ3) is 2.85. The van der Waals surface area contributed by atoms with Crippen LogP contribution in [0.4, 0.5) is 5.69 Å². The summed E-state index contributed by atoms with van der Waals surface area (Å²) in [6.45, 7) is 2.78. The van der Waals surface area contributed by atoms with Crippen LogP contribution in [0, 0.1) is 18.3 Å². The number of benzene rings is 1. The lowest BCUT2D eigenvalue weighted by atomic mass is 10.1. The lowest BCUT2D eigenvalue weighted by molar-refractivity contribution is 0.976. The van der Waals surface area contributed by atoms with Crippen molar-refractivity contribution in [1.29, 1.82) is 5.26 Å². The lowest BCUT2D eigenvalue weighted by Crippen LogP contribution is -2.05. The zero-order valence-electron chi connectivity index (χ0n) is 9.70. The first-order valence-electron chi connectivity index (χ1n) is 5.51. The summed E-state index contributed by atoms with van der Waals surface area (Å²) < 4.78 is 0. The van der Waals surface area contributed by atoms with E-state index in [2.05, 4.69) is 21.4 Å². The van der Waals surface area contributed by atoms with Crippen LogP contribution in [0.15, 0.2) is 30.7 Å². The second-order valence-corrected chi connectivity index (χ2v) is 3.90. The van der Waals surface area contributed by atoms with Crippen molar-refractivity contribution in [1.82, 2.24) is 9.97 Å². The van der Waals surface area contributed by atoms with Crippen LogP contribution in [0.3, 0.4) is 0 Å². The van der Waals surface area contributed by atoms with Gasteiger partial charge in [-0.1, -0.05) is 0 Å². The minimum Gasteiger partial charge on any atom is -0.385 e. The Morgan fingerprint density at radius 3 is 3.00 bits per heavy atom. The number of imidazole rings is 1. The van der Waals surface area contributed by atoms with Crippen molar-refractivity contribution in [2.24, 2.45) is 0 Å². The van der Waals surface area contributed by atoms with Gasteiger partial charge in [0.25, 0.3) is 0 Å². The summed E-state index contributed by atoms with van der Waals surface area (Å²) in [5, 5.41) is 12.1. The predicted molar refractivity (Wildman–Crippen MR) is 66.7 cm³/mol. The number of nitrogens with one attached hydrogen (secondary N) is 2. The summed E-state index contributed by atoms with van der Waals surface area (Å²) in [5.74, 6) is 0. The highest BCUT2D eigenvalue weighted by Gasteiger charge is 1.99. The van der Waals surface area contributed by atoms with E-state index in [-0.39, 0.29) is 0 Å². The van der Waals surface area contributed by atoms with E-state index in [1.54, 1.807) is 6.33 Å². The largest absolute Gasteiger partial charge is 0.385 e. The van der Waals surface area contributed by atoms with Gasteiger partial charge in [0.05, 0.1) is 18.0 Å². The monoisotopic (exact) mass is 226 g/mol. The molecule has 17 heavy (non-hydrogen) atoms. The van der Waals surface area contributed by atoms with Crippen LogP contribution < -0.4 is 5.32 Å². The van der Waals surface area contributed by atoms with E-state index in [1.165, 1.54) is 0 Å². The Bertz CT molecular complexity index is 523. The number of nitriles is 1. The second-order valence-electron chi connectivity index (χ2n) is 3.90. The Morgan fingerprint density at radius 1 is 1.47 bits per heavy atom. The molecule has 0 spiro atoms. The number of aromatic nitrogens is 2. The molecule has 0 unspecified atom stereocenters. The van der Waals surface area contributed by atoms with E-state index in [0.29, 0.717) is 0 Å². The first kappa shape index (κ1) is 11.2. The molecule has 1 aromatic carbocycles. The first-order valence-corrected chi connectivity index (χ1v) is 5.51. The number of hydrogen-bond acceptors (Lipinski definition) is 3. The number of aryl methyl sites for hydroxylation is 1. The Labute approximate surface area is 100 Å². The Kier molecular flexibility index (Phi) is 3.41. The van der Waals surface area contributed by atoms with Crippen molar-refractivity contribution in [2.75, 3.05) is 11.9 Å².